The maximum absolute atomic E-state index is 10.3. The lowest BCUT2D eigenvalue weighted by atomic mass is 10.2. The maximum atomic E-state index is 10.3. The predicted octanol–water partition coefficient (Wildman–Crippen LogP) is 1.73. The number of thiazole rings is 1. The summed E-state index contributed by atoms with van der Waals surface area (Å²) < 4.78 is 0. The zero-order chi connectivity index (χ0) is 9.84. The van der Waals surface area contributed by atoms with Crippen molar-refractivity contribution in [2.75, 3.05) is 5.32 Å². The molecule has 0 amide bonds. The van der Waals surface area contributed by atoms with Crippen molar-refractivity contribution in [2.24, 2.45) is 0 Å². The summed E-state index contributed by atoms with van der Waals surface area (Å²) in [6.45, 7) is 3.73. The SMILES string of the molecule is Cc1csc(NC(C)CC(=O)O)n1. The number of aryl methyl sites for hydroxylation is 1. The average Bonchev–Trinajstić information content (AvgIpc) is 2.33. The van der Waals surface area contributed by atoms with E-state index in [0.29, 0.717) is 0 Å². The van der Waals surface area contributed by atoms with Gasteiger partial charge in [0.2, 0.25) is 0 Å². The molecule has 0 aliphatic heterocycles. The molecule has 1 unspecified atom stereocenters. The van der Waals surface area contributed by atoms with Gasteiger partial charge in [-0.05, 0) is 13.8 Å². The topological polar surface area (TPSA) is 62.2 Å². The fraction of sp³-hybridized carbons (Fsp3) is 0.500. The number of anilines is 1. The van der Waals surface area contributed by atoms with E-state index in [0.717, 1.165) is 10.8 Å². The Morgan fingerprint density at radius 2 is 2.54 bits per heavy atom. The van der Waals surface area contributed by atoms with Crippen molar-refractivity contribution in [1.82, 2.24) is 4.98 Å². The highest BCUT2D eigenvalue weighted by Crippen LogP contribution is 2.15. The highest BCUT2D eigenvalue weighted by atomic mass is 32.1. The normalized spacial score (nSPS) is 12.5. The summed E-state index contributed by atoms with van der Waals surface area (Å²) in [4.78, 5) is 14.5. The molecular weight excluding hydrogens is 188 g/mol. The predicted molar refractivity (Wildman–Crippen MR) is 52.2 cm³/mol. The van der Waals surface area contributed by atoms with Gasteiger partial charge in [0.25, 0.3) is 0 Å². The molecular formula is C8H12N2O2S. The highest BCUT2D eigenvalue weighted by molar-refractivity contribution is 7.13. The van der Waals surface area contributed by atoms with Gasteiger partial charge in [0.05, 0.1) is 12.1 Å². The van der Waals surface area contributed by atoms with Gasteiger partial charge < -0.3 is 10.4 Å². The van der Waals surface area contributed by atoms with Crippen LogP contribution in [0.5, 0.6) is 0 Å². The van der Waals surface area contributed by atoms with Crippen LogP contribution >= 0.6 is 11.3 Å². The number of hydrogen-bond donors (Lipinski definition) is 2. The molecule has 0 saturated heterocycles. The summed E-state index contributed by atoms with van der Waals surface area (Å²) in [5.74, 6) is -0.798. The average molecular weight is 200 g/mol. The first-order chi connectivity index (χ1) is 6.08. The summed E-state index contributed by atoms with van der Waals surface area (Å²) in [5.41, 5.74) is 0.954. The Hall–Kier alpha value is -1.10. The molecule has 1 aromatic rings. The van der Waals surface area contributed by atoms with Gasteiger partial charge in [-0.25, -0.2) is 4.98 Å². The minimum Gasteiger partial charge on any atom is -0.481 e. The van der Waals surface area contributed by atoms with E-state index in [1.807, 2.05) is 19.2 Å². The second kappa shape index (κ2) is 4.23. The van der Waals surface area contributed by atoms with E-state index in [1.54, 1.807) is 0 Å². The van der Waals surface area contributed by atoms with E-state index >= 15 is 0 Å². The molecule has 0 radical (unpaired) electrons. The molecule has 1 atom stereocenters. The van der Waals surface area contributed by atoms with Gasteiger partial charge in [-0.2, -0.15) is 0 Å². The van der Waals surface area contributed by atoms with Crippen molar-refractivity contribution < 1.29 is 9.90 Å². The Morgan fingerprint density at radius 1 is 1.85 bits per heavy atom. The van der Waals surface area contributed by atoms with Gasteiger partial charge in [0.1, 0.15) is 0 Å². The number of carboxylic acids is 1. The molecule has 1 rings (SSSR count). The Labute approximate surface area is 80.6 Å². The molecule has 1 aromatic heterocycles. The molecule has 5 heteroatoms. The second-order valence-corrected chi connectivity index (χ2v) is 3.80. The third kappa shape index (κ3) is 3.42. The summed E-state index contributed by atoms with van der Waals surface area (Å²) in [5, 5.41) is 14.2. The number of aliphatic carboxylic acids is 1. The van der Waals surface area contributed by atoms with E-state index < -0.39 is 5.97 Å². The summed E-state index contributed by atoms with van der Waals surface area (Å²) in [7, 11) is 0. The molecule has 0 aliphatic carbocycles. The van der Waals surface area contributed by atoms with Crippen LogP contribution in [0.15, 0.2) is 5.38 Å². The van der Waals surface area contributed by atoms with Gasteiger partial charge in [-0.1, -0.05) is 0 Å². The van der Waals surface area contributed by atoms with Crippen molar-refractivity contribution >= 4 is 22.4 Å². The second-order valence-electron chi connectivity index (χ2n) is 2.94. The number of nitrogens with zero attached hydrogens (tertiary/aromatic N) is 1. The van der Waals surface area contributed by atoms with Crippen LogP contribution in [0.4, 0.5) is 5.13 Å². The third-order valence-corrected chi connectivity index (χ3v) is 2.36. The monoisotopic (exact) mass is 200 g/mol. The fourth-order valence-corrected chi connectivity index (χ4v) is 1.74. The maximum Gasteiger partial charge on any atom is 0.305 e. The number of carboxylic acid groups (broad SMARTS) is 1. The summed E-state index contributed by atoms with van der Waals surface area (Å²) in [6.07, 6.45) is 0.110. The number of rotatable bonds is 4. The van der Waals surface area contributed by atoms with Crippen molar-refractivity contribution in [3.05, 3.63) is 11.1 Å². The van der Waals surface area contributed by atoms with E-state index in [9.17, 15) is 4.79 Å². The van der Waals surface area contributed by atoms with E-state index in [4.69, 9.17) is 5.11 Å². The van der Waals surface area contributed by atoms with Gasteiger partial charge in [0.15, 0.2) is 5.13 Å². The standard InChI is InChI=1S/C8H12N2O2S/c1-5(3-7(11)12)9-8-10-6(2)4-13-8/h4-5H,3H2,1-2H3,(H,9,10)(H,11,12). The van der Waals surface area contributed by atoms with E-state index in [2.05, 4.69) is 10.3 Å². The lowest BCUT2D eigenvalue weighted by Gasteiger charge is -2.08. The van der Waals surface area contributed by atoms with Crippen LogP contribution < -0.4 is 5.32 Å². The zero-order valence-corrected chi connectivity index (χ0v) is 8.39. The molecule has 1 heterocycles. The van der Waals surface area contributed by atoms with Crippen LogP contribution in [0.25, 0.3) is 0 Å². The molecule has 0 aromatic carbocycles. The molecule has 4 nitrogen and oxygen atoms in total. The van der Waals surface area contributed by atoms with E-state index in [-0.39, 0.29) is 12.5 Å². The van der Waals surface area contributed by atoms with Gasteiger partial charge >= 0.3 is 5.97 Å². The van der Waals surface area contributed by atoms with Crippen molar-refractivity contribution in [1.29, 1.82) is 0 Å². The molecule has 0 saturated carbocycles. The molecule has 0 fully saturated rings. The van der Waals surface area contributed by atoms with E-state index in [1.165, 1.54) is 11.3 Å². The molecule has 13 heavy (non-hydrogen) atoms. The summed E-state index contributed by atoms with van der Waals surface area (Å²) >= 11 is 1.49. The first-order valence-corrected chi connectivity index (χ1v) is 4.86. The fourth-order valence-electron chi connectivity index (χ4n) is 0.944. The van der Waals surface area contributed by atoms with Crippen molar-refractivity contribution in [3.8, 4) is 0 Å². The lowest BCUT2D eigenvalue weighted by molar-refractivity contribution is -0.137. The molecule has 2 N–H and O–H groups in total. The van der Waals surface area contributed by atoms with Crippen LogP contribution in [-0.2, 0) is 4.79 Å². The molecule has 0 aliphatic rings. The Morgan fingerprint density at radius 3 is 3.00 bits per heavy atom. The minimum atomic E-state index is -0.798. The lowest BCUT2D eigenvalue weighted by Crippen LogP contribution is -2.19. The molecule has 0 bridgehead atoms. The van der Waals surface area contributed by atoms with Crippen LogP contribution in [0, 0.1) is 6.92 Å². The van der Waals surface area contributed by atoms with Crippen LogP contribution in [0.2, 0.25) is 0 Å². The number of aromatic nitrogens is 1. The number of carbonyl (C=O) groups is 1. The van der Waals surface area contributed by atoms with Gasteiger partial charge in [-0.3, -0.25) is 4.79 Å². The Bertz CT molecular complexity index is 298. The first-order valence-electron chi connectivity index (χ1n) is 3.98. The smallest absolute Gasteiger partial charge is 0.305 e. The quantitative estimate of drug-likeness (QED) is 0.777. The zero-order valence-electron chi connectivity index (χ0n) is 7.57. The van der Waals surface area contributed by atoms with Crippen LogP contribution in [-0.4, -0.2) is 22.1 Å². The van der Waals surface area contributed by atoms with Crippen molar-refractivity contribution in [3.63, 3.8) is 0 Å². The molecule has 0 spiro atoms. The van der Waals surface area contributed by atoms with Crippen LogP contribution in [0.3, 0.4) is 0 Å². The molecule has 72 valence electrons. The first kappa shape index (κ1) is 9.98. The van der Waals surface area contributed by atoms with Gasteiger partial charge in [-0.15, -0.1) is 11.3 Å². The number of hydrogen-bond acceptors (Lipinski definition) is 4. The van der Waals surface area contributed by atoms with Gasteiger partial charge in [0, 0.05) is 11.4 Å². The van der Waals surface area contributed by atoms with Crippen LogP contribution in [0.1, 0.15) is 19.0 Å². The summed E-state index contributed by atoms with van der Waals surface area (Å²) in [6, 6.07) is -0.0805. The number of nitrogens with one attached hydrogen (secondary N) is 1. The third-order valence-electron chi connectivity index (χ3n) is 1.47. The Balaban J connectivity index is 2.44. The largest absolute Gasteiger partial charge is 0.481 e. The Kier molecular flexibility index (Phi) is 3.25. The minimum absolute atomic E-state index is 0.0805. The highest BCUT2D eigenvalue weighted by Gasteiger charge is 2.08. The van der Waals surface area contributed by atoms with Crippen molar-refractivity contribution in [2.45, 2.75) is 26.3 Å².